The first-order valence-electron chi connectivity index (χ1n) is 5.45. The molecule has 0 heterocycles. The number of nitrogens with zero attached hydrogens (tertiary/aromatic N) is 1. The molecular formula is C13H14BrNO4. The first kappa shape index (κ1) is 15.2. The molecule has 0 aliphatic carbocycles. The largest absolute Gasteiger partial charge is 0.496 e. The zero-order valence-corrected chi connectivity index (χ0v) is 12.0. The molecule has 1 amide bonds. The van der Waals surface area contributed by atoms with Crippen molar-refractivity contribution >= 4 is 27.8 Å². The van der Waals surface area contributed by atoms with Crippen molar-refractivity contribution in [2.45, 2.75) is 0 Å². The van der Waals surface area contributed by atoms with E-state index in [1.807, 2.05) is 0 Å². The normalized spacial score (nSPS) is 9.79. The Morgan fingerprint density at radius 3 is 2.74 bits per heavy atom. The average Bonchev–Trinajstić information content (AvgIpc) is 2.36. The van der Waals surface area contributed by atoms with Crippen LogP contribution in [0, 0.1) is 0 Å². The standard InChI is InChI=1S/C13H14BrNO4/c1-3-6-15(8-12(16)17)13(18)10-5-4-9(14)7-11(10)19-2/h3-5,7H,1,6,8H2,2H3,(H,16,17). The molecule has 0 radical (unpaired) electrons. The number of hydrogen-bond acceptors (Lipinski definition) is 3. The van der Waals surface area contributed by atoms with Gasteiger partial charge < -0.3 is 14.7 Å². The molecule has 0 aliphatic rings. The molecule has 102 valence electrons. The molecular weight excluding hydrogens is 314 g/mol. The third-order valence-corrected chi connectivity index (χ3v) is 2.85. The molecule has 1 rings (SSSR count). The number of benzene rings is 1. The van der Waals surface area contributed by atoms with E-state index in [0.29, 0.717) is 11.3 Å². The van der Waals surface area contributed by atoms with E-state index >= 15 is 0 Å². The van der Waals surface area contributed by atoms with Gasteiger partial charge in [-0.25, -0.2) is 0 Å². The molecule has 0 fully saturated rings. The van der Waals surface area contributed by atoms with Gasteiger partial charge in [0.25, 0.3) is 5.91 Å². The molecule has 6 heteroatoms. The van der Waals surface area contributed by atoms with E-state index in [1.165, 1.54) is 18.1 Å². The smallest absolute Gasteiger partial charge is 0.323 e. The SMILES string of the molecule is C=CCN(CC(=O)O)C(=O)c1ccc(Br)cc1OC. The Bertz CT molecular complexity index is 501. The Balaban J connectivity index is 3.08. The predicted octanol–water partition coefficient (Wildman–Crippen LogP) is 2.17. The highest BCUT2D eigenvalue weighted by Crippen LogP contribution is 2.24. The maximum Gasteiger partial charge on any atom is 0.323 e. The fourth-order valence-corrected chi connectivity index (χ4v) is 1.89. The molecule has 5 nitrogen and oxygen atoms in total. The number of hydrogen-bond donors (Lipinski definition) is 1. The molecule has 0 aromatic heterocycles. The molecule has 0 aliphatic heterocycles. The van der Waals surface area contributed by atoms with Crippen LogP contribution in [0.3, 0.4) is 0 Å². The number of aliphatic carboxylic acids is 1. The van der Waals surface area contributed by atoms with Crippen molar-refractivity contribution in [3.05, 3.63) is 40.9 Å². The highest BCUT2D eigenvalue weighted by molar-refractivity contribution is 9.10. The van der Waals surface area contributed by atoms with Crippen LogP contribution in [0.5, 0.6) is 5.75 Å². The van der Waals surface area contributed by atoms with Gasteiger partial charge in [-0.1, -0.05) is 22.0 Å². The fraction of sp³-hybridized carbons (Fsp3) is 0.231. The average molecular weight is 328 g/mol. The van der Waals surface area contributed by atoms with Gasteiger partial charge in [0.1, 0.15) is 12.3 Å². The Hall–Kier alpha value is -1.82. The molecule has 19 heavy (non-hydrogen) atoms. The number of carbonyl (C=O) groups excluding carboxylic acids is 1. The zero-order valence-electron chi connectivity index (χ0n) is 10.4. The lowest BCUT2D eigenvalue weighted by atomic mass is 10.1. The van der Waals surface area contributed by atoms with Gasteiger partial charge in [0.15, 0.2) is 0 Å². The lowest BCUT2D eigenvalue weighted by molar-refractivity contribution is -0.137. The third kappa shape index (κ3) is 4.10. The van der Waals surface area contributed by atoms with Crippen LogP contribution in [0.2, 0.25) is 0 Å². The van der Waals surface area contributed by atoms with Gasteiger partial charge in [-0.3, -0.25) is 9.59 Å². The maximum absolute atomic E-state index is 12.3. The summed E-state index contributed by atoms with van der Waals surface area (Å²) in [4.78, 5) is 24.2. The second kappa shape index (κ2) is 6.94. The van der Waals surface area contributed by atoms with E-state index in [1.54, 1.807) is 18.2 Å². The second-order valence-electron chi connectivity index (χ2n) is 3.71. The number of carboxylic acids is 1. The summed E-state index contributed by atoms with van der Waals surface area (Å²) in [6.45, 7) is 3.29. The van der Waals surface area contributed by atoms with Crippen LogP contribution in [0.25, 0.3) is 0 Å². The van der Waals surface area contributed by atoms with E-state index in [0.717, 1.165) is 4.47 Å². The highest BCUT2D eigenvalue weighted by Gasteiger charge is 2.20. The van der Waals surface area contributed by atoms with Crippen molar-refractivity contribution in [3.8, 4) is 5.75 Å². The summed E-state index contributed by atoms with van der Waals surface area (Å²) in [6.07, 6.45) is 1.48. The van der Waals surface area contributed by atoms with Crippen molar-refractivity contribution in [1.29, 1.82) is 0 Å². The molecule has 0 bridgehead atoms. The first-order valence-corrected chi connectivity index (χ1v) is 6.24. The maximum atomic E-state index is 12.3. The van der Waals surface area contributed by atoms with E-state index < -0.39 is 11.9 Å². The summed E-state index contributed by atoms with van der Waals surface area (Å²) in [7, 11) is 1.45. The zero-order chi connectivity index (χ0) is 14.4. The summed E-state index contributed by atoms with van der Waals surface area (Å²) in [5.41, 5.74) is 0.314. The molecule has 0 saturated heterocycles. The van der Waals surface area contributed by atoms with Crippen LogP contribution in [0.1, 0.15) is 10.4 Å². The lowest BCUT2D eigenvalue weighted by Gasteiger charge is -2.20. The van der Waals surface area contributed by atoms with Crippen molar-refractivity contribution in [2.75, 3.05) is 20.2 Å². The molecule has 0 saturated carbocycles. The Labute approximate surface area is 119 Å². The predicted molar refractivity (Wildman–Crippen MR) is 74.4 cm³/mol. The van der Waals surface area contributed by atoms with Crippen molar-refractivity contribution in [2.24, 2.45) is 0 Å². The molecule has 1 aromatic rings. The van der Waals surface area contributed by atoms with Crippen LogP contribution in [-0.4, -0.2) is 42.1 Å². The van der Waals surface area contributed by atoms with Crippen LogP contribution in [0.4, 0.5) is 0 Å². The molecule has 0 atom stereocenters. The van der Waals surface area contributed by atoms with Crippen molar-refractivity contribution in [3.63, 3.8) is 0 Å². The number of rotatable bonds is 6. The first-order chi connectivity index (χ1) is 8.99. The Morgan fingerprint density at radius 2 is 2.21 bits per heavy atom. The number of ether oxygens (including phenoxy) is 1. The molecule has 0 unspecified atom stereocenters. The number of halogens is 1. The summed E-state index contributed by atoms with van der Waals surface area (Å²) in [5.74, 6) is -1.10. The van der Waals surface area contributed by atoms with Crippen LogP contribution in [-0.2, 0) is 4.79 Å². The summed E-state index contributed by atoms with van der Waals surface area (Å²) < 4.78 is 5.90. The second-order valence-corrected chi connectivity index (χ2v) is 4.63. The van der Waals surface area contributed by atoms with Gasteiger partial charge >= 0.3 is 5.97 Å². The van der Waals surface area contributed by atoms with E-state index in [9.17, 15) is 9.59 Å². The van der Waals surface area contributed by atoms with Gasteiger partial charge in [0, 0.05) is 11.0 Å². The minimum atomic E-state index is -1.08. The number of carboxylic acid groups (broad SMARTS) is 1. The minimum absolute atomic E-state index is 0.157. The van der Waals surface area contributed by atoms with Gasteiger partial charge in [-0.15, -0.1) is 6.58 Å². The monoisotopic (exact) mass is 327 g/mol. The Morgan fingerprint density at radius 1 is 1.53 bits per heavy atom. The lowest BCUT2D eigenvalue weighted by Crippen LogP contribution is -2.35. The third-order valence-electron chi connectivity index (χ3n) is 2.36. The summed E-state index contributed by atoms with van der Waals surface area (Å²) in [6, 6.07) is 4.94. The van der Waals surface area contributed by atoms with Crippen LogP contribution < -0.4 is 4.74 Å². The summed E-state index contributed by atoms with van der Waals surface area (Å²) >= 11 is 3.28. The highest BCUT2D eigenvalue weighted by atomic mass is 79.9. The van der Waals surface area contributed by atoms with Gasteiger partial charge in [-0.05, 0) is 18.2 Å². The van der Waals surface area contributed by atoms with E-state index in [-0.39, 0.29) is 13.1 Å². The number of methoxy groups -OCH3 is 1. The number of carbonyl (C=O) groups is 2. The molecule has 1 aromatic carbocycles. The van der Waals surface area contributed by atoms with Gasteiger partial charge in [0.05, 0.1) is 12.7 Å². The van der Waals surface area contributed by atoms with Crippen LogP contribution in [0.15, 0.2) is 35.3 Å². The van der Waals surface area contributed by atoms with Gasteiger partial charge in [0.2, 0.25) is 0 Å². The van der Waals surface area contributed by atoms with Crippen LogP contribution >= 0.6 is 15.9 Å². The molecule has 0 spiro atoms. The number of amides is 1. The summed E-state index contributed by atoms with van der Waals surface area (Å²) in [5, 5.41) is 8.81. The minimum Gasteiger partial charge on any atom is -0.496 e. The van der Waals surface area contributed by atoms with E-state index in [2.05, 4.69) is 22.5 Å². The van der Waals surface area contributed by atoms with Gasteiger partial charge in [-0.2, -0.15) is 0 Å². The van der Waals surface area contributed by atoms with E-state index in [4.69, 9.17) is 9.84 Å². The molecule has 1 N–H and O–H groups in total. The van der Waals surface area contributed by atoms with Crippen molar-refractivity contribution in [1.82, 2.24) is 4.90 Å². The van der Waals surface area contributed by atoms with Crippen molar-refractivity contribution < 1.29 is 19.4 Å². The quantitative estimate of drug-likeness (QED) is 0.813. The Kier molecular flexibility index (Phi) is 5.57. The fourth-order valence-electron chi connectivity index (χ4n) is 1.55. The topological polar surface area (TPSA) is 66.8 Å².